The van der Waals surface area contributed by atoms with E-state index in [1.165, 1.54) is 18.4 Å². The lowest BCUT2D eigenvalue weighted by molar-refractivity contribution is 0.0944. The molecular formula is C20H28N4OS. The van der Waals surface area contributed by atoms with Gasteiger partial charge in [-0.15, -0.1) is 0 Å². The topological polar surface area (TPSA) is 57.3 Å². The number of rotatable bonds is 8. The first-order chi connectivity index (χ1) is 12.7. The molecule has 1 aliphatic heterocycles. The highest BCUT2D eigenvalue weighted by atomic mass is 32.1. The third-order valence-electron chi connectivity index (χ3n) is 5.10. The van der Waals surface area contributed by atoms with E-state index in [1.54, 1.807) is 35.9 Å². The molecule has 5 nitrogen and oxygen atoms in total. The van der Waals surface area contributed by atoms with Crippen LogP contribution in [0.25, 0.3) is 0 Å². The maximum Gasteiger partial charge on any atom is 0.252 e. The summed E-state index contributed by atoms with van der Waals surface area (Å²) in [6.07, 6.45) is 6.64. The number of thiophene rings is 1. The van der Waals surface area contributed by atoms with Crippen LogP contribution in [0.5, 0.6) is 0 Å². The summed E-state index contributed by atoms with van der Waals surface area (Å²) in [5.74, 6) is -0.0401. The summed E-state index contributed by atoms with van der Waals surface area (Å²) in [6.45, 7) is 6.18. The first kappa shape index (κ1) is 19.0. The van der Waals surface area contributed by atoms with Crippen molar-refractivity contribution in [3.8, 4) is 0 Å². The fourth-order valence-electron chi connectivity index (χ4n) is 3.38. The van der Waals surface area contributed by atoms with E-state index in [4.69, 9.17) is 0 Å². The fraction of sp³-hybridized carbons (Fsp3) is 0.500. The summed E-state index contributed by atoms with van der Waals surface area (Å²) in [5, 5.41) is 11.0. The fourth-order valence-corrected chi connectivity index (χ4v) is 4.04. The number of aromatic nitrogens is 1. The number of hydrogen-bond acceptors (Lipinski definition) is 5. The minimum Gasteiger partial charge on any atom is -0.352 e. The van der Waals surface area contributed by atoms with Crippen LogP contribution in [0.2, 0.25) is 0 Å². The molecule has 0 radical (unpaired) electrons. The smallest absolute Gasteiger partial charge is 0.252 e. The van der Waals surface area contributed by atoms with Gasteiger partial charge < -0.3 is 15.5 Å². The molecule has 3 rings (SSSR count). The second kappa shape index (κ2) is 9.80. The molecule has 140 valence electrons. The summed E-state index contributed by atoms with van der Waals surface area (Å²) in [5.41, 5.74) is 2.01. The largest absolute Gasteiger partial charge is 0.352 e. The molecule has 26 heavy (non-hydrogen) atoms. The normalized spacial score (nSPS) is 17.1. The molecule has 0 aliphatic carbocycles. The van der Waals surface area contributed by atoms with E-state index < -0.39 is 0 Å². The molecule has 2 aromatic rings. The van der Waals surface area contributed by atoms with Crippen LogP contribution >= 0.6 is 11.3 Å². The molecule has 0 bridgehead atoms. The third-order valence-corrected chi connectivity index (χ3v) is 5.83. The summed E-state index contributed by atoms with van der Waals surface area (Å²) in [4.78, 5) is 18.6. The Labute approximate surface area is 159 Å². The maximum atomic E-state index is 12.0. The van der Waals surface area contributed by atoms with E-state index in [1.807, 2.05) is 0 Å². The maximum absolute atomic E-state index is 12.0. The zero-order valence-electron chi connectivity index (χ0n) is 15.4. The van der Waals surface area contributed by atoms with Gasteiger partial charge in [-0.2, -0.15) is 11.3 Å². The molecule has 0 saturated carbocycles. The van der Waals surface area contributed by atoms with E-state index in [0.29, 0.717) is 24.2 Å². The van der Waals surface area contributed by atoms with Gasteiger partial charge in [0.05, 0.1) is 5.56 Å². The highest BCUT2D eigenvalue weighted by Gasteiger charge is 2.22. The van der Waals surface area contributed by atoms with Crippen molar-refractivity contribution >= 4 is 17.2 Å². The number of nitrogens with one attached hydrogen (secondary N) is 2. The zero-order valence-corrected chi connectivity index (χ0v) is 16.2. The van der Waals surface area contributed by atoms with Crippen molar-refractivity contribution < 1.29 is 4.79 Å². The molecule has 1 aliphatic rings. The number of amides is 1. The minimum absolute atomic E-state index is 0.0401. The zero-order chi connectivity index (χ0) is 18.2. The first-order valence-corrected chi connectivity index (χ1v) is 10.3. The van der Waals surface area contributed by atoms with Gasteiger partial charge in [-0.25, -0.2) is 0 Å². The summed E-state index contributed by atoms with van der Waals surface area (Å²) in [7, 11) is 0. The second-order valence-electron chi connectivity index (χ2n) is 6.96. The van der Waals surface area contributed by atoms with Crippen LogP contribution in [-0.4, -0.2) is 47.5 Å². The van der Waals surface area contributed by atoms with Crippen molar-refractivity contribution in [1.82, 2.24) is 20.5 Å². The van der Waals surface area contributed by atoms with Crippen molar-refractivity contribution in [3.05, 3.63) is 52.5 Å². The summed E-state index contributed by atoms with van der Waals surface area (Å²) in [6, 6.07) is 6.87. The molecular weight excluding hydrogens is 344 g/mol. The highest BCUT2D eigenvalue weighted by molar-refractivity contribution is 7.07. The van der Waals surface area contributed by atoms with E-state index in [9.17, 15) is 4.79 Å². The van der Waals surface area contributed by atoms with Gasteiger partial charge in [-0.3, -0.25) is 9.78 Å². The Morgan fingerprint density at radius 2 is 2.23 bits per heavy atom. The first-order valence-electron chi connectivity index (χ1n) is 9.39. The van der Waals surface area contributed by atoms with Gasteiger partial charge >= 0.3 is 0 Å². The summed E-state index contributed by atoms with van der Waals surface area (Å²) >= 11 is 1.76. The van der Waals surface area contributed by atoms with Crippen molar-refractivity contribution in [2.75, 3.05) is 19.6 Å². The van der Waals surface area contributed by atoms with E-state index in [0.717, 1.165) is 26.1 Å². The third kappa shape index (κ3) is 5.62. The van der Waals surface area contributed by atoms with Crippen molar-refractivity contribution in [2.24, 2.45) is 0 Å². The molecule has 0 aromatic carbocycles. The van der Waals surface area contributed by atoms with Crippen LogP contribution in [0.4, 0.5) is 0 Å². The number of pyridine rings is 1. The van der Waals surface area contributed by atoms with Gasteiger partial charge in [0.15, 0.2) is 0 Å². The van der Waals surface area contributed by atoms with Gasteiger partial charge in [0.1, 0.15) is 0 Å². The van der Waals surface area contributed by atoms with Crippen LogP contribution in [0.1, 0.15) is 42.1 Å². The lowest BCUT2D eigenvalue weighted by atomic mass is 10.0. The van der Waals surface area contributed by atoms with Crippen LogP contribution < -0.4 is 10.6 Å². The van der Waals surface area contributed by atoms with Gasteiger partial charge in [0, 0.05) is 37.6 Å². The molecule has 1 saturated heterocycles. The second-order valence-corrected chi connectivity index (χ2v) is 7.74. The number of piperidine rings is 1. The molecule has 1 fully saturated rings. The number of carbonyl (C=O) groups excluding carboxylic acids is 1. The van der Waals surface area contributed by atoms with Gasteiger partial charge in [0.2, 0.25) is 0 Å². The van der Waals surface area contributed by atoms with Crippen LogP contribution in [0.3, 0.4) is 0 Å². The lowest BCUT2D eigenvalue weighted by Crippen LogP contribution is -2.46. The molecule has 2 N–H and O–H groups in total. The average molecular weight is 373 g/mol. The van der Waals surface area contributed by atoms with Crippen LogP contribution in [0.15, 0.2) is 41.4 Å². The Hall–Kier alpha value is -1.76. The predicted octanol–water partition coefficient (Wildman–Crippen LogP) is 2.91. The Bertz CT molecular complexity index is 654. The lowest BCUT2D eigenvalue weighted by Gasteiger charge is -2.36. The van der Waals surface area contributed by atoms with Gasteiger partial charge in [-0.1, -0.05) is 0 Å². The van der Waals surface area contributed by atoms with E-state index in [2.05, 4.69) is 44.3 Å². The molecule has 1 amide bonds. The number of nitrogens with zero attached hydrogens (tertiary/aromatic N) is 2. The van der Waals surface area contributed by atoms with Gasteiger partial charge in [0.25, 0.3) is 5.91 Å². The number of likely N-dealkylation sites (tertiary alicyclic amines) is 1. The van der Waals surface area contributed by atoms with E-state index in [-0.39, 0.29) is 5.91 Å². The molecule has 2 aromatic heterocycles. The predicted molar refractivity (Wildman–Crippen MR) is 106 cm³/mol. The minimum atomic E-state index is -0.0401. The monoisotopic (exact) mass is 372 g/mol. The molecule has 0 unspecified atom stereocenters. The Kier molecular flexibility index (Phi) is 7.17. The van der Waals surface area contributed by atoms with Crippen molar-refractivity contribution in [3.63, 3.8) is 0 Å². The average Bonchev–Trinajstić information content (AvgIpc) is 3.21. The highest BCUT2D eigenvalue weighted by Crippen LogP contribution is 2.16. The standard InChI is InChI=1S/C20H28N4OS/c1-16(4-9-22-20(25)18-3-2-8-21-14-18)24-10-5-19(6-11-24)23-13-17-7-12-26-15-17/h2-3,7-8,12,14-16,19,23H,4-6,9-11,13H2,1H3,(H,22,25)/t16-/m1/s1. The van der Waals surface area contributed by atoms with Gasteiger partial charge in [-0.05, 0) is 73.8 Å². The van der Waals surface area contributed by atoms with Crippen LogP contribution in [-0.2, 0) is 6.54 Å². The SMILES string of the molecule is C[C@H](CCNC(=O)c1cccnc1)N1CCC(NCc2ccsc2)CC1. The molecule has 3 heterocycles. The molecule has 0 spiro atoms. The summed E-state index contributed by atoms with van der Waals surface area (Å²) < 4.78 is 0. The Morgan fingerprint density at radius 1 is 1.38 bits per heavy atom. The van der Waals surface area contributed by atoms with Crippen molar-refractivity contribution in [2.45, 2.75) is 44.8 Å². The Morgan fingerprint density at radius 3 is 2.92 bits per heavy atom. The number of carbonyl (C=O) groups is 1. The van der Waals surface area contributed by atoms with E-state index >= 15 is 0 Å². The van der Waals surface area contributed by atoms with Crippen molar-refractivity contribution in [1.29, 1.82) is 0 Å². The Balaban J connectivity index is 1.32. The van der Waals surface area contributed by atoms with Crippen LogP contribution in [0, 0.1) is 0 Å². The quantitative estimate of drug-likeness (QED) is 0.748. The molecule has 1 atom stereocenters. The number of hydrogen-bond donors (Lipinski definition) is 2. The molecule has 6 heteroatoms.